The van der Waals surface area contributed by atoms with Gasteiger partial charge >= 0.3 is 6.03 Å². The smallest absolute Gasteiger partial charge is 0.321 e. The van der Waals surface area contributed by atoms with Gasteiger partial charge in [-0.05, 0) is 19.1 Å². The Hall–Kier alpha value is -1.82. The lowest BCUT2D eigenvalue weighted by Gasteiger charge is -2.19. The first-order valence-electron chi connectivity index (χ1n) is 5.50. The fourth-order valence-electron chi connectivity index (χ4n) is 1.38. The molecule has 0 aliphatic carbocycles. The minimum atomic E-state index is -0.237. The van der Waals surface area contributed by atoms with E-state index in [0.29, 0.717) is 23.5 Å². The first-order chi connectivity index (χ1) is 8.51. The molecule has 5 nitrogen and oxygen atoms in total. The molecule has 0 saturated heterocycles. The zero-order valence-electron chi connectivity index (χ0n) is 10.7. The van der Waals surface area contributed by atoms with E-state index in [1.807, 2.05) is 6.92 Å². The molecule has 18 heavy (non-hydrogen) atoms. The number of ether oxygens (including phenoxy) is 1. The van der Waals surface area contributed by atoms with Gasteiger partial charge in [0.25, 0.3) is 0 Å². The third-order valence-corrected chi connectivity index (χ3v) is 2.78. The Kier molecular flexibility index (Phi) is 4.91. The van der Waals surface area contributed by atoms with Crippen molar-refractivity contribution < 1.29 is 9.53 Å². The zero-order chi connectivity index (χ0) is 13.7. The Morgan fingerprint density at radius 3 is 2.72 bits per heavy atom. The zero-order valence-corrected chi connectivity index (χ0v) is 11.5. The van der Waals surface area contributed by atoms with Gasteiger partial charge in [-0.15, -0.1) is 0 Å². The summed E-state index contributed by atoms with van der Waals surface area (Å²) in [6.45, 7) is 2.49. The van der Waals surface area contributed by atoms with Crippen LogP contribution in [-0.4, -0.2) is 36.6 Å². The van der Waals surface area contributed by atoms with Crippen LogP contribution in [-0.2, 0) is 0 Å². The number of hydrogen-bond donors (Lipinski definition) is 2. The standard InChI is InChI=1S/C12H17N3O2S/c1-4-15(2)12(16)14-10-8(11(13)18)6-5-7-9(10)17-3/h5-7H,4H2,1-3H3,(H2,13,18)(H,14,16). The normalized spacial score (nSPS) is 9.72. The second-order valence-corrected chi connectivity index (χ2v) is 4.13. The van der Waals surface area contributed by atoms with Gasteiger partial charge in [-0.1, -0.05) is 18.3 Å². The lowest BCUT2D eigenvalue weighted by atomic mass is 10.1. The van der Waals surface area contributed by atoms with Crippen molar-refractivity contribution in [1.29, 1.82) is 0 Å². The maximum atomic E-state index is 11.9. The van der Waals surface area contributed by atoms with Gasteiger partial charge in [0.2, 0.25) is 0 Å². The first-order valence-corrected chi connectivity index (χ1v) is 5.91. The lowest BCUT2D eigenvalue weighted by Crippen LogP contribution is -2.32. The molecule has 0 bridgehead atoms. The van der Waals surface area contributed by atoms with E-state index in [-0.39, 0.29) is 11.0 Å². The van der Waals surface area contributed by atoms with Crippen LogP contribution in [0.2, 0.25) is 0 Å². The molecule has 0 unspecified atom stereocenters. The van der Waals surface area contributed by atoms with Crippen molar-refractivity contribution >= 4 is 28.9 Å². The fourth-order valence-corrected chi connectivity index (χ4v) is 1.55. The topological polar surface area (TPSA) is 67.6 Å². The SMILES string of the molecule is CCN(C)C(=O)Nc1c(OC)cccc1C(N)=S. The van der Waals surface area contributed by atoms with Crippen molar-refractivity contribution in [3.05, 3.63) is 23.8 Å². The Morgan fingerprint density at radius 1 is 1.56 bits per heavy atom. The molecular weight excluding hydrogens is 250 g/mol. The van der Waals surface area contributed by atoms with E-state index < -0.39 is 0 Å². The average molecular weight is 267 g/mol. The van der Waals surface area contributed by atoms with Crippen molar-refractivity contribution in [2.75, 3.05) is 26.0 Å². The molecule has 0 saturated carbocycles. The van der Waals surface area contributed by atoms with Crippen LogP contribution in [0.25, 0.3) is 0 Å². The Balaban J connectivity index is 3.12. The Morgan fingerprint density at radius 2 is 2.22 bits per heavy atom. The monoisotopic (exact) mass is 267 g/mol. The highest BCUT2D eigenvalue weighted by atomic mass is 32.1. The molecule has 0 radical (unpaired) electrons. The third-order valence-electron chi connectivity index (χ3n) is 2.56. The fraction of sp³-hybridized carbons (Fsp3) is 0.333. The van der Waals surface area contributed by atoms with Gasteiger partial charge in [0.1, 0.15) is 10.7 Å². The quantitative estimate of drug-likeness (QED) is 0.816. The van der Waals surface area contributed by atoms with Gasteiger partial charge in [-0.25, -0.2) is 4.79 Å². The number of carbonyl (C=O) groups excluding carboxylic acids is 1. The van der Waals surface area contributed by atoms with Gasteiger partial charge < -0.3 is 20.7 Å². The van der Waals surface area contributed by atoms with E-state index in [4.69, 9.17) is 22.7 Å². The summed E-state index contributed by atoms with van der Waals surface area (Å²) in [6.07, 6.45) is 0. The molecule has 0 spiro atoms. The maximum absolute atomic E-state index is 11.9. The second-order valence-electron chi connectivity index (χ2n) is 3.69. The number of carbonyl (C=O) groups is 1. The molecule has 2 amide bonds. The molecule has 0 aliphatic heterocycles. The minimum Gasteiger partial charge on any atom is -0.495 e. The summed E-state index contributed by atoms with van der Waals surface area (Å²) in [6, 6.07) is 5.02. The number of para-hydroxylation sites is 1. The number of benzene rings is 1. The molecule has 1 aromatic carbocycles. The number of thiocarbonyl (C=S) groups is 1. The number of amides is 2. The van der Waals surface area contributed by atoms with Crippen molar-refractivity contribution in [1.82, 2.24) is 4.90 Å². The van der Waals surface area contributed by atoms with Crippen LogP contribution in [0.5, 0.6) is 5.75 Å². The van der Waals surface area contributed by atoms with E-state index in [9.17, 15) is 4.79 Å². The predicted molar refractivity (Wildman–Crippen MR) is 76.2 cm³/mol. The maximum Gasteiger partial charge on any atom is 0.321 e. The van der Waals surface area contributed by atoms with Crippen LogP contribution in [0.15, 0.2) is 18.2 Å². The van der Waals surface area contributed by atoms with Crippen LogP contribution in [0.1, 0.15) is 12.5 Å². The van der Waals surface area contributed by atoms with E-state index in [0.717, 1.165) is 0 Å². The Bertz CT molecular complexity index is 463. The van der Waals surface area contributed by atoms with Crippen molar-refractivity contribution in [2.24, 2.45) is 5.73 Å². The summed E-state index contributed by atoms with van der Waals surface area (Å²) in [5, 5.41) is 2.76. The molecule has 0 aromatic heterocycles. The molecule has 3 N–H and O–H groups in total. The molecule has 0 fully saturated rings. The molecule has 1 rings (SSSR count). The van der Waals surface area contributed by atoms with Crippen LogP contribution < -0.4 is 15.8 Å². The van der Waals surface area contributed by atoms with Crippen LogP contribution in [0.4, 0.5) is 10.5 Å². The summed E-state index contributed by atoms with van der Waals surface area (Å²) in [5.41, 5.74) is 6.72. The molecule has 1 aromatic rings. The average Bonchev–Trinajstić information content (AvgIpc) is 2.37. The van der Waals surface area contributed by atoms with Crippen molar-refractivity contribution in [3.63, 3.8) is 0 Å². The predicted octanol–water partition coefficient (Wildman–Crippen LogP) is 1.81. The summed E-state index contributed by atoms with van der Waals surface area (Å²) < 4.78 is 5.20. The van der Waals surface area contributed by atoms with Crippen molar-refractivity contribution in [2.45, 2.75) is 6.92 Å². The highest BCUT2D eigenvalue weighted by Crippen LogP contribution is 2.28. The number of rotatable bonds is 4. The lowest BCUT2D eigenvalue weighted by molar-refractivity contribution is 0.224. The largest absolute Gasteiger partial charge is 0.495 e. The van der Waals surface area contributed by atoms with E-state index in [1.54, 1.807) is 25.2 Å². The summed E-state index contributed by atoms with van der Waals surface area (Å²) in [5.74, 6) is 0.526. The Labute approximate surface area is 112 Å². The number of nitrogens with zero attached hydrogens (tertiary/aromatic N) is 1. The van der Waals surface area contributed by atoms with E-state index in [1.165, 1.54) is 12.0 Å². The highest BCUT2D eigenvalue weighted by molar-refractivity contribution is 7.80. The number of nitrogens with two attached hydrogens (primary N) is 1. The van der Waals surface area contributed by atoms with Crippen LogP contribution in [0, 0.1) is 0 Å². The molecule has 0 aliphatic rings. The van der Waals surface area contributed by atoms with Crippen LogP contribution >= 0.6 is 12.2 Å². The van der Waals surface area contributed by atoms with Gasteiger partial charge in [0.05, 0.1) is 12.8 Å². The third kappa shape index (κ3) is 3.10. The molecular formula is C12H17N3O2S. The van der Waals surface area contributed by atoms with E-state index in [2.05, 4.69) is 5.32 Å². The van der Waals surface area contributed by atoms with Gasteiger partial charge in [-0.2, -0.15) is 0 Å². The van der Waals surface area contributed by atoms with Gasteiger partial charge in [0, 0.05) is 19.2 Å². The van der Waals surface area contributed by atoms with E-state index >= 15 is 0 Å². The number of nitrogens with one attached hydrogen (secondary N) is 1. The number of urea groups is 1. The molecule has 0 atom stereocenters. The first kappa shape index (κ1) is 14.2. The number of anilines is 1. The minimum absolute atomic E-state index is 0.211. The molecule has 6 heteroatoms. The number of hydrogen-bond acceptors (Lipinski definition) is 3. The van der Waals surface area contributed by atoms with Gasteiger partial charge in [-0.3, -0.25) is 0 Å². The van der Waals surface area contributed by atoms with Crippen molar-refractivity contribution in [3.8, 4) is 5.75 Å². The second kappa shape index (κ2) is 6.20. The summed E-state index contributed by atoms with van der Waals surface area (Å²) in [7, 11) is 3.23. The summed E-state index contributed by atoms with van der Waals surface area (Å²) in [4.78, 5) is 13.6. The summed E-state index contributed by atoms with van der Waals surface area (Å²) >= 11 is 4.96. The van der Waals surface area contributed by atoms with Crippen LogP contribution in [0.3, 0.4) is 0 Å². The molecule has 0 heterocycles. The number of methoxy groups -OCH3 is 1. The van der Waals surface area contributed by atoms with Gasteiger partial charge in [0.15, 0.2) is 0 Å². The highest BCUT2D eigenvalue weighted by Gasteiger charge is 2.15. The molecule has 98 valence electrons.